The molecule has 0 aliphatic carbocycles. The van der Waals surface area contributed by atoms with Crippen LogP contribution in [-0.4, -0.2) is 25.9 Å². The standard InChI is InChI=1S/C26H25ClN4O3/c1-16-9-11-20(12-10-16)26-29-28-25(34-26)19(4)33-24(32)14-13-22-17(2)30-31(18(22)3)15-21-7-5-6-8-23(21)27/h5-14,19H,15H2,1-4H3/b14-13+. The van der Waals surface area contributed by atoms with Crippen LogP contribution in [0.25, 0.3) is 17.5 Å². The monoisotopic (exact) mass is 476 g/mol. The van der Waals surface area contributed by atoms with Gasteiger partial charge in [-0.1, -0.05) is 47.5 Å². The van der Waals surface area contributed by atoms with Crippen LogP contribution >= 0.6 is 11.6 Å². The molecule has 0 fully saturated rings. The summed E-state index contributed by atoms with van der Waals surface area (Å²) in [6.07, 6.45) is 2.40. The number of benzene rings is 2. The van der Waals surface area contributed by atoms with E-state index in [-0.39, 0.29) is 5.89 Å². The van der Waals surface area contributed by atoms with Crippen LogP contribution in [0.5, 0.6) is 0 Å². The fourth-order valence-electron chi connectivity index (χ4n) is 3.52. The number of aromatic nitrogens is 4. The van der Waals surface area contributed by atoms with Crippen LogP contribution < -0.4 is 0 Å². The topological polar surface area (TPSA) is 83.0 Å². The molecule has 0 bridgehead atoms. The molecule has 7 nitrogen and oxygen atoms in total. The van der Waals surface area contributed by atoms with Crippen LogP contribution in [0.1, 0.15) is 47.0 Å². The third kappa shape index (κ3) is 5.26. The van der Waals surface area contributed by atoms with E-state index in [1.54, 1.807) is 13.0 Å². The minimum Gasteiger partial charge on any atom is -0.449 e. The van der Waals surface area contributed by atoms with Gasteiger partial charge in [0.15, 0.2) is 6.10 Å². The largest absolute Gasteiger partial charge is 0.449 e. The summed E-state index contributed by atoms with van der Waals surface area (Å²) in [5, 5.41) is 13.4. The van der Waals surface area contributed by atoms with Gasteiger partial charge in [0.05, 0.1) is 12.2 Å². The van der Waals surface area contributed by atoms with E-state index in [0.29, 0.717) is 17.5 Å². The molecule has 0 spiro atoms. The van der Waals surface area contributed by atoms with Gasteiger partial charge in [-0.25, -0.2) is 4.79 Å². The molecule has 174 valence electrons. The highest BCUT2D eigenvalue weighted by Gasteiger charge is 2.18. The zero-order valence-electron chi connectivity index (χ0n) is 19.4. The van der Waals surface area contributed by atoms with Crippen molar-refractivity contribution in [1.29, 1.82) is 0 Å². The Bertz CT molecular complexity index is 1340. The lowest BCUT2D eigenvalue weighted by Crippen LogP contribution is -2.06. The van der Waals surface area contributed by atoms with E-state index in [0.717, 1.165) is 33.6 Å². The number of nitrogens with zero attached hydrogens (tertiary/aromatic N) is 4. The third-order valence-electron chi connectivity index (χ3n) is 5.48. The van der Waals surface area contributed by atoms with Crippen molar-refractivity contribution >= 4 is 23.6 Å². The van der Waals surface area contributed by atoms with E-state index in [4.69, 9.17) is 20.8 Å². The minimum atomic E-state index is -0.686. The summed E-state index contributed by atoms with van der Waals surface area (Å²) in [5.74, 6) is 0.100. The number of esters is 1. The molecule has 34 heavy (non-hydrogen) atoms. The quantitative estimate of drug-likeness (QED) is 0.245. The average Bonchev–Trinajstić information content (AvgIpc) is 3.40. The molecule has 0 aliphatic heterocycles. The Morgan fingerprint density at radius 2 is 1.85 bits per heavy atom. The second kappa shape index (κ2) is 10.1. The molecule has 0 amide bonds. The summed E-state index contributed by atoms with van der Waals surface area (Å²) >= 11 is 6.28. The van der Waals surface area contributed by atoms with E-state index < -0.39 is 12.1 Å². The molecule has 2 heterocycles. The first-order chi connectivity index (χ1) is 16.3. The highest BCUT2D eigenvalue weighted by atomic mass is 35.5. The molecule has 0 N–H and O–H groups in total. The van der Waals surface area contributed by atoms with Crippen molar-refractivity contribution in [2.24, 2.45) is 0 Å². The van der Waals surface area contributed by atoms with Crippen LogP contribution in [0.15, 0.2) is 59.0 Å². The molecule has 4 aromatic rings. The van der Waals surface area contributed by atoms with Gasteiger partial charge in [0.25, 0.3) is 5.89 Å². The lowest BCUT2D eigenvalue weighted by Gasteiger charge is -2.07. The summed E-state index contributed by atoms with van der Waals surface area (Å²) in [6, 6.07) is 15.4. The maximum Gasteiger partial charge on any atom is 0.331 e. The van der Waals surface area contributed by atoms with Crippen LogP contribution in [0.2, 0.25) is 5.02 Å². The molecule has 1 unspecified atom stereocenters. The normalized spacial score (nSPS) is 12.3. The predicted molar refractivity (Wildman–Crippen MR) is 130 cm³/mol. The van der Waals surface area contributed by atoms with Crippen molar-refractivity contribution in [2.45, 2.75) is 40.3 Å². The number of halogens is 1. The van der Waals surface area contributed by atoms with Crippen LogP contribution in [0, 0.1) is 20.8 Å². The molecule has 2 aromatic heterocycles. The van der Waals surface area contributed by atoms with Crippen molar-refractivity contribution in [3.63, 3.8) is 0 Å². The first kappa shape index (κ1) is 23.4. The number of hydrogen-bond donors (Lipinski definition) is 0. The molecule has 0 saturated carbocycles. The van der Waals surface area contributed by atoms with E-state index in [2.05, 4.69) is 15.3 Å². The zero-order chi connectivity index (χ0) is 24.2. The summed E-state index contributed by atoms with van der Waals surface area (Å²) in [7, 11) is 0. The Labute approximate surface area is 203 Å². The van der Waals surface area contributed by atoms with Gasteiger partial charge >= 0.3 is 5.97 Å². The lowest BCUT2D eigenvalue weighted by atomic mass is 10.1. The summed E-state index contributed by atoms with van der Waals surface area (Å²) in [6.45, 7) is 8.09. The second-order valence-electron chi connectivity index (χ2n) is 8.06. The molecule has 0 aliphatic rings. The second-order valence-corrected chi connectivity index (χ2v) is 8.46. The van der Waals surface area contributed by atoms with Crippen LogP contribution in [0.4, 0.5) is 0 Å². The van der Waals surface area contributed by atoms with Gasteiger partial charge in [-0.2, -0.15) is 5.10 Å². The highest BCUT2D eigenvalue weighted by molar-refractivity contribution is 6.31. The van der Waals surface area contributed by atoms with Gasteiger partial charge in [-0.3, -0.25) is 4.68 Å². The fraction of sp³-hybridized carbons (Fsp3) is 0.231. The van der Waals surface area contributed by atoms with E-state index in [1.807, 2.05) is 74.0 Å². The minimum absolute atomic E-state index is 0.234. The summed E-state index contributed by atoms with van der Waals surface area (Å²) in [5.41, 5.74) is 5.51. The summed E-state index contributed by atoms with van der Waals surface area (Å²) < 4.78 is 13.0. The first-order valence-electron chi connectivity index (χ1n) is 10.9. The molecular weight excluding hydrogens is 452 g/mol. The number of rotatable bonds is 7. The highest BCUT2D eigenvalue weighted by Crippen LogP contribution is 2.24. The fourth-order valence-corrected chi connectivity index (χ4v) is 3.72. The number of carbonyl (C=O) groups excluding carboxylic acids is 1. The number of ether oxygens (including phenoxy) is 1. The Hall–Kier alpha value is -3.71. The smallest absolute Gasteiger partial charge is 0.331 e. The molecule has 0 saturated heterocycles. The van der Waals surface area contributed by atoms with E-state index in [9.17, 15) is 4.79 Å². The van der Waals surface area contributed by atoms with Gasteiger partial charge in [-0.05, 0) is 57.5 Å². The van der Waals surface area contributed by atoms with Gasteiger partial charge in [-0.15, -0.1) is 10.2 Å². The third-order valence-corrected chi connectivity index (χ3v) is 5.85. The summed E-state index contributed by atoms with van der Waals surface area (Å²) in [4.78, 5) is 12.4. The predicted octanol–water partition coefficient (Wildman–Crippen LogP) is 5.88. The zero-order valence-corrected chi connectivity index (χ0v) is 20.2. The van der Waals surface area contributed by atoms with Crippen molar-refractivity contribution in [3.05, 3.63) is 93.6 Å². The lowest BCUT2D eigenvalue weighted by molar-refractivity contribution is -0.143. The van der Waals surface area contributed by atoms with Gasteiger partial charge in [0, 0.05) is 27.9 Å². The van der Waals surface area contributed by atoms with Crippen molar-refractivity contribution in [1.82, 2.24) is 20.0 Å². The Kier molecular flexibility index (Phi) is 6.93. The van der Waals surface area contributed by atoms with Gasteiger partial charge in [0.2, 0.25) is 5.89 Å². The molecule has 2 aromatic carbocycles. The molecule has 1 atom stereocenters. The van der Waals surface area contributed by atoms with Gasteiger partial charge in [0.1, 0.15) is 0 Å². The number of hydrogen-bond acceptors (Lipinski definition) is 6. The first-order valence-corrected chi connectivity index (χ1v) is 11.3. The molecular formula is C26H25ClN4O3. The number of aryl methyl sites for hydroxylation is 2. The Morgan fingerprint density at radius 1 is 1.12 bits per heavy atom. The van der Waals surface area contributed by atoms with Gasteiger partial charge < -0.3 is 9.15 Å². The van der Waals surface area contributed by atoms with E-state index >= 15 is 0 Å². The molecule has 4 rings (SSSR count). The van der Waals surface area contributed by atoms with Crippen LogP contribution in [0.3, 0.4) is 0 Å². The van der Waals surface area contributed by atoms with Crippen molar-refractivity contribution < 1.29 is 13.9 Å². The maximum absolute atomic E-state index is 12.4. The van der Waals surface area contributed by atoms with E-state index in [1.165, 1.54) is 6.08 Å². The van der Waals surface area contributed by atoms with Crippen LogP contribution in [-0.2, 0) is 16.1 Å². The van der Waals surface area contributed by atoms with Crippen molar-refractivity contribution in [3.8, 4) is 11.5 Å². The number of carbonyl (C=O) groups is 1. The average molecular weight is 477 g/mol. The molecule has 0 radical (unpaired) electrons. The SMILES string of the molecule is Cc1ccc(-c2nnc(C(C)OC(=O)/C=C/c3c(C)nn(Cc4ccccc4Cl)c3C)o2)cc1. The Morgan fingerprint density at radius 3 is 2.59 bits per heavy atom. The maximum atomic E-state index is 12.4. The Balaban J connectivity index is 1.42. The molecule has 8 heteroatoms. The van der Waals surface area contributed by atoms with Crippen molar-refractivity contribution in [2.75, 3.05) is 0 Å².